The van der Waals surface area contributed by atoms with Crippen molar-refractivity contribution in [3.63, 3.8) is 0 Å². The molecule has 1 aliphatic rings. The van der Waals surface area contributed by atoms with Gasteiger partial charge in [0, 0.05) is 18.9 Å². The highest BCUT2D eigenvalue weighted by molar-refractivity contribution is 7.99. The van der Waals surface area contributed by atoms with Gasteiger partial charge in [-0.1, -0.05) is 17.8 Å². The topological polar surface area (TPSA) is 78.5 Å². The third-order valence-electron chi connectivity index (χ3n) is 3.84. The van der Waals surface area contributed by atoms with Crippen LogP contribution in [-0.4, -0.2) is 28.0 Å². The molecule has 2 aromatic heterocycles. The zero-order valence-electron chi connectivity index (χ0n) is 13.9. The van der Waals surface area contributed by atoms with E-state index >= 15 is 0 Å². The number of thioether (sulfide) groups is 1. The molecule has 0 fully saturated rings. The minimum atomic E-state index is -0.0657. The average molecular weight is 371 g/mol. The molecule has 1 amide bonds. The van der Waals surface area contributed by atoms with Crippen LogP contribution in [0.5, 0.6) is 11.5 Å². The second-order valence-electron chi connectivity index (χ2n) is 5.67. The maximum absolute atomic E-state index is 12.0. The van der Waals surface area contributed by atoms with Gasteiger partial charge < -0.3 is 23.8 Å². The minimum absolute atomic E-state index is 0.0657. The van der Waals surface area contributed by atoms with Crippen molar-refractivity contribution < 1.29 is 18.7 Å². The number of furan rings is 1. The highest BCUT2D eigenvalue weighted by Gasteiger charge is 2.14. The molecule has 1 aromatic carbocycles. The highest BCUT2D eigenvalue weighted by atomic mass is 32.2. The number of nitrogens with zero attached hydrogens (tertiary/aromatic N) is 2. The lowest BCUT2D eigenvalue weighted by molar-refractivity contribution is -0.118. The van der Waals surface area contributed by atoms with Crippen LogP contribution in [0.3, 0.4) is 0 Å². The molecule has 8 heteroatoms. The summed E-state index contributed by atoms with van der Waals surface area (Å²) in [6.07, 6.45) is 5.22. The van der Waals surface area contributed by atoms with Gasteiger partial charge in [0.05, 0.1) is 18.6 Å². The van der Waals surface area contributed by atoms with E-state index in [0.717, 1.165) is 28.0 Å². The molecule has 0 atom stereocenters. The Hall–Kier alpha value is -2.87. The van der Waals surface area contributed by atoms with Crippen LogP contribution in [-0.2, 0) is 17.9 Å². The molecule has 0 unspecified atom stereocenters. The van der Waals surface area contributed by atoms with E-state index in [4.69, 9.17) is 13.9 Å². The van der Waals surface area contributed by atoms with E-state index in [2.05, 4.69) is 10.3 Å². The van der Waals surface area contributed by atoms with Crippen molar-refractivity contribution in [2.24, 2.45) is 0 Å². The Morgan fingerprint density at radius 2 is 2.19 bits per heavy atom. The van der Waals surface area contributed by atoms with Gasteiger partial charge in [0.25, 0.3) is 0 Å². The van der Waals surface area contributed by atoms with E-state index in [1.54, 1.807) is 18.5 Å². The normalized spacial score (nSPS) is 12.3. The first-order valence-corrected chi connectivity index (χ1v) is 9.08. The number of hydrogen-bond donors (Lipinski definition) is 1. The van der Waals surface area contributed by atoms with E-state index in [1.807, 2.05) is 35.0 Å². The van der Waals surface area contributed by atoms with Crippen LogP contribution in [0.15, 0.2) is 58.6 Å². The Morgan fingerprint density at radius 1 is 1.27 bits per heavy atom. The average Bonchev–Trinajstić information content (AvgIpc) is 3.39. The van der Waals surface area contributed by atoms with Crippen molar-refractivity contribution in [1.29, 1.82) is 0 Å². The molecule has 0 spiro atoms. The third kappa shape index (κ3) is 3.85. The number of aromatic nitrogens is 2. The van der Waals surface area contributed by atoms with Gasteiger partial charge in [-0.15, -0.1) is 0 Å². The third-order valence-corrected chi connectivity index (χ3v) is 4.84. The zero-order chi connectivity index (χ0) is 17.8. The molecular formula is C18H17N3O4S. The van der Waals surface area contributed by atoms with Gasteiger partial charge in [0.15, 0.2) is 16.7 Å². The predicted octanol–water partition coefficient (Wildman–Crippen LogP) is 2.66. The summed E-state index contributed by atoms with van der Waals surface area (Å²) in [5.41, 5.74) is 1.08. The largest absolute Gasteiger partial charge is 0.467 e. The SMILES string of the molecule is O=C(CSc1nccn1Cc1ccc2c(c1)OCO2)NCc1ccco1. The molecule has 134 valence electrons. The number of carbonyl (C=O) groups excluding carboxylic acids is 1. The molecule has 1 N–H and O–H groups in total. The van der Waals surface area contributed by atoms with Crippen molar-refractivity contribution in [3.05, 3.63) is 60.3 Å². The number of rotatable bonds is 7. The van der Waals surface area contributed by atoms with Crippen molar-refractivity contribution in [1.82, 2.24) is 14.9 Å². The van der Waals surface area contributed by atoms with Crippen molar-refractivity contribution in [3.8, 4) is 11.5 Å². The summed E-state index contributed by atoms with van der Waals surface area (Å²) in [5, 5.41) is 3.61. The van der Waals surface area contributed by atoms with E-state index < -0.39 is 0 Å². The molecule has 7 nitrogen and oxygen atoms in total. The first-order valence-electron chi connectivity index (χ1n) is 8.09. The summed E-state index contributed by atoms with van der Waals surface area (Å²) in [4.78, 5) is 16.3. The number of fused-ring (bicyclic) bond motifs is 1. The first-order chi connectivity index (χ1) is 12.8. The number of carbonyl (C=O) groups is 1. The number of benzene rings is 1. The predicted molar refractivity (Wildman–Crippen MR) is 95.2 cm³/mol. The lowest BCUT2D eigenvalue weighted by Crippen LogP contribution is -2.24. The minimum Gasteiger partial charge on any atom is -0.467 e. The molecule has 1 aliphatic heterocycles. The Morgan fingerprint density at radius 3 is 3.08 bits per heavy atom. The fourth-order valence-electron chi connectivity index (χ4n) is 2.57. The lowest BCUT2D eigenvalue weighted by atomic mass is 10.2. The van der Waals surface area contributed by atoms with Gasteiger partial charge in [-0.2, -0.15) is 0 Å². The summed E-state index contributed by atoms with van der Waals surface area (Å²) >= 11 is 1.40. The van der Waals surface area contributed by atoms with Crippen LogP contribution in [0, 0.1) is 0 Å². The van der Waals surface area contributed by atoms with E-state index in [0.29, 0.717) is 18.8 Å². The van der Waals surface area contributed by atoms with Crippen molar-refractivity contribution in [2.75, 3.05) is 12.5 Å². The summed E-state index contributed by atoms with van der Waals surface area (Å²) in [6, 6.07) is 9.49. The smallest absolute Gasteiger partial charge is 0.231 e. The fourth-order valence-corrected chi connectivity index (χ4v) is 3.36. The van der Waals surface area contributed by atoms with E-state index in [1.165, 1.54) is 11.8 Å². The summed E-state index contributed by atoms with van der Waals surface area (Å²) in [6.45, 7) is 1.29. The molecule has 3 heterocycles. The second-order valence-corrected chi connectivity index (χ2v) is 6.61. The standard InChI is InChI=1S/C18H17N3O4S/c22-17(20-9-14-2-1-7-23-14)11-26-18-19-5-6-21(18)10-13-3-4-15-16(8-13)25-12-24-15/h1-8H,9-12H2,(H,20,22). The van der Waals surface area contributed by atoms with E-state index in [-0.39, 0.29) is 12.7 Å². The molecule has 3 aromatic rings. The van der Waals surface area contributed by atoms with E-state index in [9.17, 15) is 4.79 Å². The lowest BCUT2D eigenvalue weighted by Gasteiger charge is -2.08. The first kappa shape index (κ1) is 16.6. The number of amides is 1. The van der Waals surface area contributed by atoms with Crippen LogP contribution in [0.25, 0.3) is 0 Å². The number of nitrogens with one attached hydrogen (secondary N) is 1. The van der Waals surface area contributed by atoms with Crippen LogP contribution < -0.4 is 14.8 Å². The molecular weight excluding hydrogens is 354 g/mol. The molecule has 0 radical (unpaired) electrons. The molecule has 0 aliphatic carbocycles. The number of imidazole rings is 1. The van der Waals surface area contributed by atoms with Crippen molar-refractivity contribution in [2.45, 2.75) is 18.2 Å². The van der Waals surface area contributed by atoms with Crippen LogP contribution in [0.4, 0.5) is 0 Å². The molecule has 0 bridgehead atoms. The number of ether oxygens (including phenoxy) is 2. The van der Waals surface area contributed by atoms with Gasteiger partial charge in [0.2, 0.25) is 12.7 Å². The monoisotopic (exact) mass is 371 g/mol. The maximum Gasteiger partial charge on any atom is 0.231 e. The van der Waals surface area contributed by atoms with Gasteiger partial charge in [-0.25, -0.2) is 4.98 Å². The Balaban J connectivity index is 1.32. The number of hydrogen-bond acceptors (Lipinski definition) is 6. The van der Waals surface area contributed by atoms with Crippen LogP contribution >= 0.6 is 11.8 Å². The molecule has 26 heavy (non-hydrogen) atoms. The summed E-state index contributed by atoms with van der Waals surface area (Å²) in [7, 11) is 0. The summed E-state index contributed by atoms with van der Waals surface area (Å²) < 4.78 is 17.9. The molecule has 0 saturated heterocycles. The van der Waals surface area contributed by atoms with Gasteiger partial charge in [0.1, 0.15) is 5.76 Å². The van der Waals surface area contributed by atoms with Gasteiger partial charge >= 0.3 is 0 Å². The Bertz CT molecular complexity index is 892. The second kappa shape index (κ2) is 7.57. The summed E-state index contributed by atoms with van der Waals surface area (Å²) in [5.74, 6) is 2.48. The maximum atomic E-state index is 12.0. The highest BCUT2D eigenvalue weighted by Crippen LogP contribution is 2.33. The zero-order valence-corrected chi connectivity index (χ0v) is 14.7. The quantitative estimate of drug-likeness (QED) is 0.644. The Labute approximate surface area is 154 Å². The Kier molecular flexibility index (Phi) is 4.83. The van der Waals surface area contributed by atoms with Gasteiger partial charge in [-0.05, 0) is 29.8 Å². The van der Waals surface area contributed by atoms with Gasteiger partial charge in [-0.3, -0.25) is 4.79 Å². The fraction of sp³-hybridized carbons (Fsp3) is 0.222. The molecule has 0 saturated carbocycles. The van der Waals surface area contributed by atoms with Crippen LogP contribution in [0.1, 0.15) is 11.3 Å². The van der Waals surface area contributed by atoms with Crippen molar-refractivity contribution >= 4 is 17.7 Å². The molecule has 4 rings (SSSR count). The van der Waals surface area contributed by atoms with Crippen LogP contribution in [0.2, 0.25) is 0 Å².